The lowest BCUT2D eigenvalue weighted by atomic mass is 9.68. The number of nitrogens with zero attached hydrogens (tertiary/aromatic N) is 2. The van der Waals surface area contributed by atoms with Gasteiger partial charge in [0.15, 0.2) is 5.79 Å². The Morgan fingerprint density at radius 2 is 1.81 bits per heavy atom. The standard InChI is InChI=1S/C20H37N2O4S/c1-18(2)16-8-9-19(18,15-27(23,24)21-10-6-7-11-21)20(12-16)25-14-17(26-20)13-22(3,4)5/h16-17H,6-15H2,1-5H3/q+1/t16-,17-,19+,20+/m0/s1. The van der Waals surface area contributed by atoms with Gasteiger partial charge in [-0.25, -0.2) is 12.7 Å². The van der Waals surface area contributed by atoms with Gasteiger partial charge in [0.1, 0.15) is 12.6 Å². The molecule has 4 rings (SSSR count). The minimum absolute atomic E-state index is 0.0338. The van der Waals surface area contributed by atoms with Crippen LogP contribution >= 0.6 is 0 Å². The number of ether oxygens (including phenoxy) is 2. The summed E-state index contributed by atoms with van der Waals surface area (Å²) in [6.07, 6.45) is 4.78. The van der Waals surface area contributed by atoms with E-state index in [0.717, 1.165) is 43.1 Å². The summed E-state index contributed by atoms with van der Waals surface area (Å²) in [5.41, 5.74) is -0.545. The van der Waals surface area contributed by atoms with Crippen molar-refractivity contribution in [1.29, 1.82) is 0 Å². The number of hydrogen-bond acceptors (Lipinski definition) is 4. The zero-order valence-corrected chi connectivity index (χ0v) is 18.5. The van der Waals surface area contributed by atoms with Gasteiger partial charge in [-0.1, -0.05) is 13.8 Å². The van der Waals surface area contributed by atoms with E-state index in [1.807, 2.05) is 0 Å². The highest BCUT2D eigenvalue weighted by Gasteiger charge is 2.76. The SMILES string of the molecule is CC1(C)[C@H]2CC[C@]1(CS(=O)(=O)N1CCCC1)[C@]1(C2)OC[C@H](C[N+](C)(C)C)O1. The maximum atomic E-state index is 13.3. The molecule has 6 nitrogen and oxygen atoms in total. The molecule has 0 radical (unpaired) electrons. The maximum Gasteiger partial charge on any atom is 0.214 e. The molecule has 0 N–H and O–H groups in total. The molecule has 2 bridgehead atoms. The van der Waals surface area contributed by atoms with Crippen molar-refractivity contribution in [2.45, 2.75) is 57.8 Å². The molecular formula is C20H37N2O4S+. The molecule has 0 aromatic heterocycles. The molecule has 0 amide bonds. The minimum Gasteiger partial charge on any atom is -0.346 e. The Morgan fingerprint density at radius 3 is 2.41 bits per heavy atom. The summed E-state index contributed by atoms with van der Waals surface area (Å²) in [6.45, 7) is 7.28. The molecule has 4 aliphatic rings. The zero-order chi connectivity index (χ0) is 19.7. The highest BCUT2D eigenvalue weighted by Crippen LogP contribution is 2.72. The lowest BCUT2D eigenvalue weighted by Gasteiger charge is -2.47. The third kappa shape index (κ3) is 3.00. The second-order valence-electron chi connectivity index (χ2n) is 10.9. The van der Waals surface area contributed by atoms with Crippen molar-refractivity contribution in [3.8, 4) is 0 Å². The van der Waals surface area contributed by atoms with Crippen LogP contribution in [0.15, 0.2) is 0 Å². The van der Waals surface area contributed by atoms with Crippen LogP contribution in [0.4, 0.5) is 0 Å². The topological polar surface area (TPSA) is 55.8 Å². The molecule has 4 fully saturated rings. The lowest BCUT2D eigenvalue weighted by molar-refractivity contribution is -0.873. The van der Waals surface area contributed by atoms with Gasteiger partial charge in [0.05, 0.1) is 33.5 Å². The van der Waals surface area contributed by atoms with Gasteiger partial charge >= 0.3 is 0 Å². The molecule has 2 saturated carbocycles. The first-order valence-electron chi connectivity index (χ1n) is 10.5. The third-order valence-corrected chi connectivity index (χ3v) is 9.93. The number of rotatable bonds is 5. The van der Waals surface area contributed by atoms with Crippen LogP contribution in [0.1, 0.15) is 46.0 Å². The Kier molecular flexibility index (Phi) is 4.57. The Morgan fingerprint density at radius 1 is 1.15 bits per heavy atom. The molecule has 7 heteroatoms. The lowest BCUT2D eigenvalue weighted by Crippen LogP contribution is -2.56. The molecule has 27 heavy (non-hydrogen) atoms. The second-order valence-corrected chi connectivity index (χ2v) is 12.9. The first-order chi connectivity index (χ1) is 12.4. The van der Waals surface area contributed by atoms with E-state index in [1.54, 1.807) is 4.31 Å². The van der Waals surface area contributed by atoms with Crippen LogP contribution in [-0.2, 0) is 19.5 Å². The fraction of sp³-hybridized carbons (Fsp3) is 1.00. The van der Waals surface area contributed by atoms with E-state index in [2.05, 4.69) is 35.0 Å². The van der Waals surface area contributed by atoms with E-state index in [9.17, 15) is 8.42 Å². The molecule has 2 saturated heterocycles. The van der Waals surface area contributed by atoms with Crippen LogP contribution in [0.25, 0.3) is 0 Å². The summed E-state index contributed by atoms with van der Waals surface area (Å²) in [6, 6.07) is 0. The van der Waals surface area contributed by atoms with Crippen molar-refractivity contribution in [2.75, 3.05) is 53.1 Å². The minimum atomic E-state index is -3.30. The molecule has 2 aliphatic heterocycles. The Labute approximate surface area is 164 Å². The summed E-state index contributed by atoms with van der Waals surface area (Å²) in [7, 11) is 3.17. The molecule has 0 aromatic rings. The highest BCUT2D eigenvalue weighted by molar-refractivity contribution is 7.89. The molecule has 156 valence electrons. The largest absolute Gasteiger partial charge is 0.346 e. The quantitative estimate of drug-likeness (QED) is 0.662. The smallest absolute Gasteiger partial charge is 0.214 e. The molecule has 2 aliphatic carbocycles. The molecule has 0 aromatic carbocycles. The number of quaternary nitrogens is 1. The summed E-state index contributed by atoms with van der Waals surface area (Å²) < 4.78 is 42.2. The van der Waals surface area contributed by atoms with Gasteiger partial charge in [-0.05, 0) is 37.0 Å². The normalized spacial score (nSPS) is 41.8. The summed E-state index contributed by atoms with van der Waals surface area (Å²) in [4.78, 5) is 0. The molecule has 4 atom stereocenters. The van der Waals surface area contributed by atoms with Crippen molar-refractivity contribution < 1.29 is 22.4 Å². The third-order valence-electron chi connectivity index (χ3n) is 7.92. The predicted molar refractivity (Wildman–Crippen MR) is 105 cm³/mol. The van der Waals surface area contributed by atoms with Crippen molar-refractivity contribution in [3.63, 3.8) is 0 Å². The molecular weight excluding hydrogens is 364 g/mol. The number of sulfonamides is 1. The van der Waals surface area contributed by atoms with Gasteiger partial charge in [0, 0.05) is 24.9 Å². The summed E-state index contributed by atoms with van der Waals surface area (Å²) in [5.74, 6) is -0.0960. The predicted octanol–water partition coefficient (Wildman–Crippen LogP) is 2.06. The number of fused-ring (bicyclic) bond motifs is 3. The van der Waals surface area contributed by atoms with Gasteiger partial charge in [-0.15, -0.1) is 0 Å². The van der Waals surface area contributed by atoms with Crippen molar-refractivity contribution in [2.24, 2.45) is 16.7 Å². The van der Waals surface area contributed by atoms with Crippen molar-refractivity contribution in [1.82, 2.24) is 4.31 Å². The Hall–Kier alpha value is -0.210. The average molecular weight is 402 g/mol. The van der Waals surface area contributed by atoms with Crippen LogP contribution < -0.4 is 0 Å². The van der Waals surface area contributed by atoms with Gasteiger partial charge in [0.2, 0.25) is 10.0 Å². The van der Waals surface area contributed by atoms with E-state index < -0.39 is 21.2 Å². The van der Waals surface area contributed by atoms with Crippen LogP contribution in [-0.4, -0.2) is 82.2 Å². The van der Waals surface area contributed by atoms with Crippen LogP contribution in [0.5, 0.6) is 0 Å². The fourth-order valence-electron chi connectivity index (χ4n) is 6.41. The molecule has 1 spiro atoms. The van der Waals surface area contributed by atoms with Crippen LogP contribution in [0.2, 0.25) is 0 Å². The van der Waals surface area contributed by atoms with Gasteiger partial charge < -0.3 is 14.0 Å². The second kappa shape index (κ2) is 6.14. The first kappa shape index (κ1) is 20.1. The number of likely N-dealkylation sites (N-methyl/N-ethyl adjacent to an activating group) is 1. The monoisotopic (exact) mass is 401 g/mol. The van der Waals surface area contributed by atoms with Crippen molar-refractivity contribution >= 4 is 10.0 Å². The highest BCUT2D eigenvalue weighted by atomic mass is 32.2. The van der Waals surface area contributed by atoms with Crippen molar-refractivity contribution in [3.05, 3.63) is 0 Å². The van der Waals surface area contributed by atoms with Gasteiger partial charge in [0.25, 0.3) is 0 Å². The Bertz CT molecular complexity index is 695. The van der Waals surface area contributed by atoms with E-state index in [0.29, 0.717) is 25.6 Å². The maximum absolute atomic E-state index is 13.3. The molecule has 0 unspecified atom stereocenters. The zero-order valence-electron chi connectivity index (χ0n) is 17.7. The fourth-order valence-corrected chi connectivity index (χ4v) is 8.77. The van der Waals surface area contributed by atoms with Crippen LogP contribution in [0, 0.1) is 16.7 Å². The van der Waals surface area contributed by atoms with Gasteiger partial charge in [-0.2, -0.15) is 0 Å². The summed E-state index contributed by atoms with van der Waals surface area (Å²) >= 11 is 0. The van der Waals surface area contributed by atoms with E-state index in [4.69, 9.17) is 9.47 Å². The average Bonchev–Trinajstić information content (AvgIpc) is 3.25. The number of hydrogen-bond donors (Lipinski definition) is 0. The Balaban J connectivity index is 1.65. The molecule has 2 heterocycles. The first-order valence-corrected chi connectivity index (χ1v) is 12.1. The van der Waals surface area contributed by atoms with E-state index in [-0.39, 0.29) is 17.3 Å². The van der Waals surface area contributed by atoms with E-state index in [1.165, 1.54) is 0 Å². The van der Waals surface area contributed by atoms with Gasteiger partial charge in [-0.3, -0.25) is 0 Å². The summed E-state index contributed by atoms with van der Waals surface area (Å²) in [5, 5.41) is 0. The van der Waals surface area contributed by atoms with Crippen LogP contribution in [0.3, 0.4) is 0 Å². The van der Waals surface area contributed by atoms with E-state index >= 15 is 0 Å².